The summed E-state index contributed by atoms with van der Waals surface area (Å²) in [6.45, 7) is 1.33. The largest absolute Gasteiger partial charge is 0.366 e. The summed E-state index contributed by atoms with van der Waals surface area (Å²) in [7, 11) is -0.353. The molecule has 0 bridgehead atoms. The first-order valence-electron chi connectivity index (χ1n) is 10.00. The molecule has 0 amide bonds. The zero-order chi connectivity index (χ0) is 22.0. The Morgan fingerprint density at radius 3 is 2.90 bits per heavy atom. The van der Waals surface area contributed by atoms with E-state index in [-0.39, 0.29) is 11.7 Å². The van der Waals surface area contributed by atoms with Crippen molar-refractivity contribution in [2.24, 2.45) is 0 Å². The molecule has 0 aliphatic carbocycles. The SMILES string of the molecule is CN(C)S(=O)(=O)N1CCC(c2[nH]ncc2-c2ccnc(NCc3cccc(F)c3)c2)C1. The van der Waals surface area contributed by atoms with E-state index in [0.717, 1.165) is 28.8 Å². The van der Waals surface area contributed by atoms with E-state index >= 15 is 0 Å². The average molecular weight is 445 g/mol. The fourth-order valence-corrected chi connectivity index (χ4v) is 4.94. The number of aromatic amines is 1. The van der Waals surface area contributed by atoms with Crippen LogP contribution < -0.4 is 5.32 Å². The highest BCUT2D eigenvalue weighted by molar-refractivity contribution is 7.86. The van der Waals surface area contributed by atoms with Crippen LogP contribution in [0.4, 0.5) is 10.2 Å². The second kappa shape index (κ2) is 8.74. The maximum atomic E-state index is 13.4. The van der Waals surface area contributed by atoms with Gasteiger partial charge in [-0.3, -0.25) is 5.10 Å². The van der Waals surface area contributed by atoms with Gasteiger partial charge >= 0.3 is 0 Å². The Labute approximate surface area is 181 Å². The van der Waals surface area contributed by atoms with Crippen molar-refractivity contribution in [3.8, 4) is 11.1 Å². The minimum atomic E-state index is -3.44. The summed E-state index contributed by atoms with van der Waals surface area (Å²) < 4.78 is 41.0. The number of halogens is 1. The van der Waals surface area contributed by atoms with Crippen LogP contribution in [0.15, 0.2) is 48.8 Å². The van der Waals surface area contributed by atoms with Gasteiger partial charge in [0.25, 0.3) is 10.2 Å². The van der Waals surface area contributed by atoms with Gasteiger partial charge in [-0.2, -0.15) is 22.1 Å². The van der Waals surface area contributed by atoms with Gasteiger partial charge in [-0.15, -0.1) is 0 Å². The van der Waals surface area contributed by atoms with Crippen LogP contribution in [0.2, 0.25) is 0 Å². The van der Waals surface area contributed by atoms with Crippen LogP contribution in [0.5, 0.6) is 0 Å². The Kier molecular flexibility index (Phi) is 6.03. The summed E-state index contributed by atoms with van der Waals surface area (Å²) in [6, 6.07) is 10.2. The molecule has 1 fully saturated rings. The van der Waals surface area contributed by atoms with Crippen molar-refractivity contribution in [1.29, 1.82) is 0 Å². The lowest BCUT2D eigenvalue weighted by Crippen LogP contribution is -2.38. The van der Waals surface area contributed by atoms with Crippen molar-refractivity contribution in [1.82, 2.24) is 23.8 Å². The molecule has 10 heteroatoms. The van der Waals surface area contributed by atoms with Crippen LogP contribution in [-0.4, -0.2) is 59.4 Å². The van der Waals surface area contributed by atoms with Crippen LogP contribution in [-0.2, 0) is 16.8 Å². The topological polar surface area (TPSA) is 94.2 Å². The average Bonchev–Trinajstić information content (AvgIpc) is 3.42. The van der Waals surface area contributed by atoms with Crippen LogP contribution in [0.3, 0.4) is 0 Å². The Hall–Kier alpha value is -2.82. The summed E-state index contributed by atoms with van der Waals surface area (Å²) in [5, 5.41) is 10.5. The second-order valence-electron chi connectivity index (χ2n) is 7.74. The first-order valence-corrected chi connectivity index (χ1v) is 11.4. The Balaban J connectivity index is 1.51. The Morgan fingerprint density at radius 1 is 1.29 bits per heavy atom. The third-order valence-electron chi connectivity index (χ3n) is 5.45. The number of benzene rings is 1. The molecule has 1 aliphatic heterocycles. The first-order chi connectivity index (χ1) is 14.8. The lowest BCUT2D eigenvalue weighted by atomic mass is 9.97. The molecule has 3 heterocycles. The maximum Gasteiger partial charge on any atom is 0.281 e. The lowest BCUT2D eigenvalue weighted by Gasteiger charge is -2.20. The van der Waals surface area contributed by atoms with Crippen molar-refractivity contribution in [3.05, 3.63) is 65.9 Å². The fourth-order valence-electron chi connectivity index (χ4n) is 3.78. The van der Waals surface area contributed by atoms with Gasteiger partial charge in [-0.25, -0.2) is 9.37 Å². The number of H-pyrrole nitrogens is 1. The van der Waals surface area contributed by atoms with Gasteiger partial charge in [0.2, 0.25) is 0 Å². The number of hydrogen-bond acceptors (Lipinski definition) is 5. The molecule has 8 nitrogen and oxygen atoms in total. The van der Waals surface area contributed by atoms with Gasteiger partial charge in [0.15, 0.2) is 0 Å². The van der Waals surface area contributed by atoms with Crippen molar-refractivity contribution < 1.29 is 12.8 Å². The van der Waals surface area contributed by atoms with E-state index in [2.05, 4.69) is 20.5 Å². The molecule has 0 radical (unpaired) electrons. The summed E-state index contributed by atoms with van der Waals surface area (Å²) in [5.41, 5.74) is 3.59. The van der Waals surface area contributed by atoms with E-state index in [1.165, 1.54) is 20.7 Å². The van der Waals surface area contributed by atoms with E-state index < -0.39 is 10.2 Å². The molecular weight excluding hydrogens is 419 g/mol. The van der Waals surface area contributed by atoms with Gasteiger partial charge < -0.3 is 5.32 Å². The molecule has 2 N–H and O–H groups in total. The van der Waals surface area contributed by atoms with E-state index in [4.69, 9.17) is 0 Å². The number of nitrogens with zero attached hydrogens (tertiary/aromatic N) is 4. The molecule has 0 spiro atoms. The van der Waals surface area contributed by atoms with Crippen molar-refractivity contribution in [2.45, 2.75) is 18.9 Å². The summed E-state index contributed by atoms with van der Waals surface area (Å²) in [4.78, 5) is 4.35. The smallest absolute Gasteiger partial charge is 0.281 e. The van der Waals surface area contributed by atoms with Gasteiger partial charge in [0.05, 0.1) is 6.20 Å². The number of aromatic nitrogens is 3. The zero-order valence-electron chi connectivity index (χ0n) is 17.4. The predicted molar refractivity (Wildman–Crippen MR) is 117 cm³/mol. The predicted octanol–water partition coefficient (Wildman–Crippen LogP) is 2.82. The fraction of sp³-hybridized carbons (Fsp3) is 0.333. The monoisotopic (exact) mass is 444 g/mol. The molecule has 0 saturated carbocycles. The molecule has 1 unspecified atom stereocenters. The highest BCUT2D eigenvalue weighted by Gasteiger charge is 2.35. The number of hydrogen-bond donors (Lipinski definition) is 2. The van der Waals surface area contributed by atoms with E-state index in [1.54, 1.807) is 32.6 Å². The Bertz CT molecular complexity index is 1160. The summed E-state index contributed by atoms with van der Waals surface area (Å²) in [5.74, 6) is 0.423. The zero-order valence-corrected chi connectivity index (χ0v) is 18.2. The number of nitrogens with one attached hydrogen (secondary N) is 2. The first kappa shape index (κ1) is 21.4. The van der Waals surface area contributed by atoms with Crippen molar-refractivity contribution in [2.75, 3.05) is 32.5 Å². The normalized spacial score (nSPS) is 17.4. The second-order valence-corrected chi connectivity index (χ2v) is 9.89. The summed E-state index contributed by atoms with van der Waals surface area (Å²) >= 11 is 0. The van der Waals surface area contributed by atoms with Gasteiger partial charge in [0, 0.05) is 57.1 Å². The molecule has 1 atom stereocenters. The van der Waals surface area contributed by atoms with E-state index in [9.17, 15) is 12.8 Å². The highest BCUT2D eigenvalue weighted by atomic mass is 32.2. The van der Waals surface area contributed by atoms with Gasteiger partial charge in [0.1, 0.15) is 11.6 Å². The third kappa shape index (κ3) is 4.60. The quantitative estimate of drug-likeness (QED) is 0.584. The van der Waals surface area contributed by atoms with Crippen LogP contribution in [0.1, 0.15) is 23.6 Å². The van der Waals surface area contributed by atoms with Crippen molar-refractivity contribution in [3.63, 3.8) is 0 Å². The molecule has 1 aromatic carbocycles. The minimum absolute atomic E-state index is 0.0316. The Morgan fingerprint density at radius 2 is 2.13 bits per heavy atom. The molecule has 1 saturated heterocycles. The number of pyridine rings is 1. The van der Waals surface area contributed by atoms with Crippen LogP contribution >= 0.6 is 0 Å². The molecule has 164 valence electrons. The summed E-state index contributed by atoms with van der Waals surface area (Å²) in [6.07, 6.45) is 4.18. The number of anilines is 1. The van der Waals surface area contributed by atoms with E-state index in [0.29, 0.717) is 25.5 Å². The standard InChI is InChI=1S/C21H25FN6O2S/c1-27(2)31(29,30)28-9-7-17(14-28)21-19(13-25-26-21)16-6-8-23-20(11-16)24-12-15-4-3-5-18(22)10-15/h3-6,8,10-11,13,17H,7,9,12,14H2,1-2H3,(H,23,24)(H,25,26). The lowest BCUT2D eigenvalue weighted by molar-refractivity contribution is 0.418. The van der Waals surface area contributed by atoms with Gasteiger partial charge in [-0.1, -0.05) is 12.1 Å². The highest BCUT2D eigenvalue weighted by Crippen LogP contribution is 2.34. The maximum absolute atomic E-state index is 13.4. The minimum Gasteiger partial charge on any atom is -0.366 e. The molecule has 1 aliphatic rings. The molecular formula is C21H25FN6O2S. The van der Waals surface area contributed by atoms with Gasteiger partial charge in [-0.05, 0) is 41.8 Å². The molecule has 4 rings (SSSR count). The molecule has 2 aromatic heterocycles. The molecule has 31 heavy (non-hydrogen) atoms. The number of rotatable bonds is 7. The van der Waals surface area contributed by atoms with Crippen molar-refractivity contribution >= 4 is 16.0 Å². The van der Waals surface area contributed by atoms with Crippen LogP contribution in [0, 0.1) is 5.82 Å². The van der Waals surface area contributed by atoms with Crippen LogP contribution in [0.25, 0.3) is 11.1 Å². The molecule has 3 aromatic rings. The van der Waals surface area contributed by atoms with E-state index in [1.807, 2.05) is 18.2 Å². The third-order valence-corrected chi connectivity index (χ3v) is 7.36.